The molecular weight excluding hydrogens is 188 g/mol. The molecule has 3 heteroatoms. The number of likely N-dealkylation sites (N-methyl/N-ethyl adjacent to an activating group) is 1. The molecule has 1 aromatic carbocycles. The summed E-state index contributed by atoms with van der Waals surface area (Å²) in [6.45, 7) is 1.53. The zero-order chi connectivity index (χ0) is 10.9. The molecule has 1 aromatic rings. The largest absolute Gasteiger partial charge is 0.508 e. The summed E-state index contributed by atoms with van der Waals surface area (Å²) >= 11 is 0. The normalized spacial score (nSPS) is 18.1. The second-order valence-electron chi connectivity index (χ2n) is 4.26. The molecule has 0 bridgehead atoms. The zero-order valence-corrected chi connectivity index (χ0v) is 9.11. The van der Waals surface area contributed by atoms with Crippen molar-refractivity contribution in [3.8, 4) is 5.75 Å². The highest BCUT2D eigenvalue weighted by atomic mass is 16.3. The molecule has 0 radical (unpaired) electrons. The Balaban J connectivity index is 2.26. The number of aromatic hydroxyl groups is 1. The van der Waals surface area contributed by atoms with Crippen LogP contribution in [0.1, 0.15) is 18.4 Å². The van der Waals surface area contributed by atoms with Crippen LogP contribution in [0.15, 0.2) is 24.3 Å². The van der Waals surface area contributed by atoms with Crippen LogP contribution in [0.25, 0.3) is 0 Å². The minimum Gasteiger partial charge on any atom is -0.508 e. The molecule has 0 spiro atoms. The van der Waals surface area contributed by atoms with E-state index in [0.717, 1.165) is 24.9 Å². The number of phenolic OH excluding ortho intramolecular Hbond substituents is 1. The van der Waals surface area contributed by atoms with E-state index in [0.29, 0.717) is 12.3 Å². The van der Waals surface area contributed by atoms with E-state index in [4.69, 9.17) is 5.73 Å². The van der Waals surface area contributed by atoms with Crippen LogP contribution in [0.4, 0.5) is 0 Å². The van der Waals surface area contributed by atoms with Gasteiger partial charge in [-0.1, -0.05) is 18.2 Å². The van der Waals surface area contributed by atoms with Gasteiger partial charge in [-0.2, -0.15) is 0 Å². The van der Waals surface area contributed by atoms with E-state index in [1.54, 1.807) is 6.07 Å². The van der Waals surface area contributed by atoms with Gasteiger partial charge in [0.15, 0.2) is 0 Å². The third-order valence-corrected chi connectivity index (χ3v) is 3.32. The molecule has 15 heavy (non-hydrogen) atoms. The van der Waals surface area contributed by atoms with Crippen molar-refractivity contribution in [2.75, 3.05) is 20.1 Å². The van der Waals surface area contributed by atoms with Gasteiger partial charge in [-0.15, -0.1) is 0 Å². The first-order chi connectivity index (χ1) is 7.20. The van der Waals surface area contributed by atoms with Gasteiger partial charge in [-0.25, -0.2) is 0 Å². The average Bonchev–Trinajstić information content (AvgIpc) is 3.00. The Labute approximate surface area is 90.5 Å². The van der Waals surface area contributed by atoms with Gasteiger partial charge in [-0.3, -0.25) is 4.90 Å². The van der Waals surface area contributed by atoms with E-state index in [2.05, 4.69) is 11.9 Å². The number of hydrogen-bond donors (Lipinski definition) is 2. The molecule has 1 aliphatic carbocycles. The number of nitrogens with two attached hydrogens (primary N) is 1. The molecule has 1 aliphatic rings. The third kappa shape index (κ3) is 1.73. The summed E-state index contributed by atoms with van der Waals surface area (Å²) < 4.78 is 0. The van der Waals surface area contributed by atoms with Crippen molar-refractivity contribution in [1.82, 2.24) is 4.90 Å². The lowest BCUT2D eigenvalue weighted by molar-refractivity contribution is 0.224. The van der Waals surface area contributed by atoms with E-state index in [1.165, 1.54) is 0 Å². The third-order valence-electron chi connectivity index (χ3n) is 3.32. The summed E-state index contributed by atoms with van der Waals surface area (Å²) in [6, 6.07) is 7.60. The van der Waals surface area contributed by atoms with Gasteiger partial charge in [0.1, 0.15) is 5.75 Å². The summed E-state index contributed by atoms with van der Waals surface area (Å²) in [6.07, 6.45) is 2.22. The molecule has 0 atom stereocenters. The molecular formula is C12H18N2O. The van der Waals surface area contributed by atoms with E-state index < -0.39 is 0 Å². The molecule has 1 fully saturated rings. The van der Waals surface area contributed by atoms with Gasteiger partial charge < -0.3 is 10.8 Å². The van der Waals surface area contributed by atoms with Crippen molar-refractivity contribution in [1.29, 1.82) is 0 Å². The predicted molar refractivity (Wildman–Crippen MR) is 60.7 cm³/mol. The van der Waals surface area contributed by atoms with Crippen molar-refractivity contribution in [2.24, 2.45) is 5.73 Å². The number of phenols is 1. The van der Waals surface area contributed by atoms with Gasteiger partial charge in [0, 0.05) is 24.2 Å². The molecule has 82 valence electrons. The lowest BCUT2D eigenvalue weighted by Crippen LogP contribution is -2.35. The molecule has 0 heterocycles. The summed E-state index contributed by atoms with van der Waals surface area (Å²) in [4.78, 5) is 2.25. The molecule has 0 aromatic heterocycles. The lowest BCUT2D eigenvalue weighted by Gasteiger charge is -2.28. The SMILES string of the molecule is CN(CCN)C1(c2ccccc2O)CC1. The Morgan fingerprint density at radius 2 is 2.07 bits per heavy atom. The molecule has 0 unspecified atom stereocenters. The highest BCUT2D eigenvalue weighted by Gasteiger charge is 2.48. The maximum absolute atomic E-state index is 9.85. The molecule has 0 aliphatic heterocycles. The quantitative estimate of drug-likeness (QED) is 0.780. The Kier molecular flexibility index (Phi) is 2.67. The fraction of sp³-hybridized carbons (Fsp3) is 0.500. The van der Waals surface area contributed by atoms with E-state index in [9.17, 15) is 5.11 Å². The number of hydrogen-bond acceptors (Lipinski definition) is 3. The first-order valence-electron chi connectivity index (χ1n) is 5.40. The highest BCUT2D eigenvalue weighted by Crippen LogP contribution is 2.52. The van der Waals surface area contributed by atoms with Crippen molar-refractivity contribution < 1.29 is 5.11 Å². The molecule has 1 saturated carbocycles. The van der Waals surface area contributed by atoms with Crippen LogP contribution in [0.5, 0.6) is 5.75 Å². The number of benzene rings is 1. The van der Waals surface area contributed by atoms with Crippen LogP contribution >= 0.6 is 0 Å². The van der Waals surface area contributed by atoms with Crippen LogP contribution in [-0.2, 0) is 5.54 Å². The van der Waals surface area contributed by atoms with Crippen molar-refractivity contribution in [3.63, 3.8) is 0 Å². The van der Waals surface area contributed by atoms with Gasteiger partial charge in [-0.05, 0) is 26.0 Å². The van der Waals surface area contributed by atoms with Crippen molar-refractivity contribution in [2.45, 2.75) is 18.4 Å². The van der Waals surface area contributed by atoms with Crippen LogP contribution in [-0.4, -0.2) is 30.1 Å². The summed E-state index contributed by atoms with van der Waals surface area (Å²) in [7, 11) is 2.08. The molecule has 3 nitrogen and oxygen atoms in total. The summed E-state index contributed by atoms with van der Waals surface area (Å²) in [5.41, 5.74) is 6.65. The minimum atomic E-state index is 0.0463. The van der Waals surface area contributed by atoms with Gasteiger partial charge >= 0.3 is 0 Å². The fourth-order valence-corrected chi connectivity index (χ4v) is 2.25. The maximum Gasteiger partial charge on any atom is 0.120 e. The number of nitrogens with zero attached hydrogens (tertiary/aromatic N) is 1. The number of para-hydroxylation sites is 1. The molecule has 2 rings (SSSR count). The number of rotatable bonds is 4. The first-order valence-corrected chi connectivity index (χ1v) is 5.40. The Hall–Kier alpha value is -1.06. The molecule has 3 N–H and O–H groups in total. The van der Waals surface area contributed by atoms with E-state index in [-0.39, 0.29) is 5.54 Å². The van der Waals surface area contributed by atoms with Crippen molar-refractivity contribution in [3.05, 3.63) is 29.8 Å². The Morgan fingerprint density at radius 3 is 2.60 bits per heavy atom. The van der Waals surface area contributed by atoms with Crippen molar-refractivity contribution >= 4 is 0 Å². The standard InChI is InChI=1S/C12H18N2O/c1-14(9-8-13)12(6-7-12)10-4-2-3-5-11(10)15/h2-5,15H,6-9,13H2,1H3. The Morgan fingerprint density at radius 1 is 1.40 bits per heavy atom. The monoisotopic (exact) mass is 206 g/mol. The molecule has 0 saturated heterocycles. The zero-order valence-electron chi connectivity index (χ0n) is 9.11. The second kappa shape index (κ2) is 3.83. The van der Waals surface area contributed by atoms with Crippen LogP contribution in [0, 0.1) is 0 Å². The summed E-state index contributed by atoms with van der Waals surface area (Å²) in [5, 5.41) is 9.85. The average molecular weight is 206 g/mol. The van der Waals surface area contributed by atoms with Gasteiger partial charge in [0.05, 0.1) is 0 Å². The smallest absolute Gasteiger partial charge is 0.120 e. The predicted octanol–water partition coefficient (Wildman–Crippen LogP) is 1.27. The fourth-order valence-electron chi connectivity index (χ4n) is 2.25. The van der Waals surface area contributed by atoms with Gasteiger partial charge in [0.25, 0.3) is 0 Å². The van der Waals surface area contributed by atoms with Gasteiger partial charge in [0.2, 0.25) is 0 Å². The maximum atomic E-state index is 9.85. The van der Waals surface area contributed by atoms with Crippen LogP contribution in [0.2, 0.25) is 0 Å². The first kappa shape index (κ1) is 10.5. The minimum absolute atomic E-state index is 0.0463. The van der Waals surface area contributed by atoms with Crippen LogP contribution in [0.3, 0.4) is 0 Å². The summed E-state index contributed by atoms with van der Waals surface area (Å²) in [5.74, 6) is 0.402. The lowest BCUT2D eigenvalue weighted by atomic mass is 10.0. The Bertz CT molecular complexity index is 347. The topological polar surface area (TPSA) is 49.5 Å². The van der Waals surface area contributed by atoms with E-state index >= 15 is 0 Å². The highest BCUT2D eigenvalue weighted by molar-refractivity contribution is 5.41. The van der Waals surface area contributed by atoms with E-state index in [1.807, 2.05) is 18.2 Å². The molecule has 0 amide bonds. The second-order valence-corrected chi connectivity index (χ2v) is 4.26. The van der Waals surface area contributed by atoms with Crippen LogP contribution < -0.4 is 5.73 Å².